The van der Waals surface area contributed by atoms with Gasteiger partial charge in [0.1, 0.15) is 6.10 Å². The normalized spacial score (nSPS) is 12.4. The van der Waals surface area contributed by atoms with Crippen LogP contribution in [0.15, 0.2) is 33.8 Å². The summed E-state index contributed by atoms with van der Waals surface area (Å²) in [6.45, 7) is 5.43. The molecule has 0 fully saturated rings. The van der Waals surface area contributed by atoms with Gasteiger partial charge in [0.25, 0.3) is 0 Å². The molecule has 1 atom stereocenters. The van der Waals surface area contributed by atoms with E-state index in [1.807, 2.05) is 50.1 Å². The number of nitrogens with one attached hydrogen (secondary N) is 1. The van der Waals surface area contributed by atoms with Gasteiger partial charge in [-0.15, -0.1) is 24.0 Å². The molecule has 1 aromatic heterocycles. The van der Waals surface area contributed by atoms with Gasteiger partial charge in [-0.2, -0.15) is 4.98 Å². The van der Waals surface area contributed by atoms with Gasteiger partial charge < -0.3 is 19.5 Å². The summed E-state index contributed by atoms with van der Waals surface area (Å²) in [5.41, 5.74) is 1.03. The van der Waals surface area contributed by atoms with Crippen LogP contribution in [-0.2, 0) is 17.8 Å². The van der Waals surface area contributed by atoms with E-state index in [1.165, 1.54) is 0 Å². The maximum atomic E-state index is 6.22. The average Bonchev–Trinajstić information content (AvgIpc) is 3.07. The fourth-order valence-electron chi connectivity index (χ4n) is 2.33. The first-order chi connectivity index (χ1) is 12.0. The van der Waals surface area contributed by atoms with Crippen molar-refractivity contribution >= 4 is 41.5 Å². The van der Waals surface area contributed by atoms with E-state index in [0.717, 1.165) is 10.6 Å². The monoisotopic (exact) mass is 493 g/mol. The van der Waals surface area contributed by atoms with Gasteiger partial charge in [0, 0.05) is 32.3 Å². The highest BCUT2D eigenvalue weighted by molar-refractivity contribution is 14.0. The molecule has 2 aromatic rings. The van der Waals surface area contributed by atoms with E-state index < -0.39 is 0 Å². The summed E-state index contributed by atoms with van der Waals surface area (Å²) >= 11 is 6.22. The van der Waals surface area contributed by atoms with Crippen LogP contribution in [0, 0.1) is 0 Å². The molecule has 0 aliphatic rings. The quantitative estimate of drug-likeness (QED) is 0.361. The van der Waals surface area contributed by atoms with Crippen LogP contribution in [0.3, 0.4) is 0 Å². The van der Waals surface area contributed by atoms with Crippen LogP contribution in [0.1, 0.15) is 37.2 Å². The van der Waals surface area contributed by atoms with Crippen molar-refractivity contribution in [1.82, 2.24) is 20.4 Å². The summed E-state index contributed by atoms with van der Waals surface area (Å²) in [4.78, 5) is 10.6. The third-order valence-electron chi connectivity index (χ3n) is 3.60. The van der Waals surface area contributed by atoms with E-state index in [9.17, 15) is 0 Å². The number of hydrogen-bond donors (Lipinski definition) is 1. The van der Waals surface area contributed by atoms with Crippen molar-refractivity contribution in [3.05, 3.63) is 46.6 Å². The number of guanidine groups is 1. The molecule has 7 nitrogen and oxygen atoms in total. The minimum atomic E-state index is -0.190. The highest BCUT2D eigenvalue weighted by atomic mass is 127. The standard InChI is InChI=1S/C17H24ClN5O2.HI/c1-5-24-12(2)16-21-15(25-22-16)10-20-17(19-3)23(4)11-13-8-6-7-9-14(13)18;/h6-9,12H,5,10-11H2,1-4H3,(H,19,20);1H. The molecule has 9 heteroatoms. The summed E-state index contributed by atoms with van der Waals surface area (Å²) in [6.07, 6.45) is -0.190. The number of rotatable bonds is 7. The lowest BCUT2D eigenvalue weighted by atomic mass is 10.2. The molecule has 1 aromatic carbocycles. The highest BCUT2D eigenvalue weighted by Gasteiger charge is 2.15. The fourth-order valence-corrected chi connectivity index (χ4v) is 2.52. The molecule has 1 heterocycles. The van der Waals surface area contributed by atoms with Crippen molar-refractivity contribution in [2.24, 2.45) is 4.99 Å². The van der Waals surface area contributed by atoms with Crippen LogP contribution < -0.4 is 5.32 Å². The van der Waals surface area contributed by atoms with Crippen LogP contribution >= 0.6 is 35.6 Å². The van der Waals surface area contributed by atoms with Crippen molar-refractivity contribution in [2.75, 3.05) is 20.7 Å². The second-order valence-electron chi connectivity index (χ2n) is 5.49. The first-order valence-electron chi connectivity index (χ1n) is 8.14. The van der Waals surface area contributed by atoms with Crippen molar-refractivity contribution in [2.45, 2.75) is 33.0 Å². The Labute approximate surface area is 176 Å². The van der Waals surface area contributed by atoms with Gasteiger partial charge in [-0.25, -0.2) is 0 Å². The van der Waals surface area contributed by atoms with Crippen LogP contribution in [-0.4, -0.2) is 41.7 Å². The van der Waals surface area contributed by atoms with Gasteiger partial charge in [-0.1, -0.05) is 35.0 Å². The molecule has 1 N–H and O–H groups in total. The van der Waals surface area contributed by atoms with Gasteiger partial charge in [0.05, 0.1) is 6.54 Å². The Balaban J connectivity index is 0.00000338. The molecule has 0 amide bonds. The molecule has 0 aliphatic carbocycles. The first kappa shape index (κ1) is 22.7. The molecule has 0 spiro atoms. The minimum absolute atomic E-state index is 0. The van der Waals surface area contributed by atoms with Crippen LogP contribution in [0.5, 0.6) is 0 Å². The van der Waals surface area contributed by atoms with E-state index in [4.69, 9.17) is 20.9 Å². The van der Waals surface area contributed by atoms with Crippen molar-refractivity contribution in [3.8, 4) is 0 Å². The third-order valence-corrected chi connectivity index (χ3v) is 3.97. The molecular weight excluding hydrogens is 469 g/mol. The smallest absolute Gasteiger partial charge is 0.246 e. The lowest BCUT2D eigenvalue weighted by Crippen LogP contribution is -2.38. The Kier molecular flexibility index (Phi) is 9.89. The predicted molar refractivity (Wildman–Crippen MR) is 113 cm³/mol. The second kappa shape index (κ2) is 11.3. The van der Waals surface area contributed by atoms with Crippen molar-refractivity contribution in [1.29, 1.82) is 0 Å². The molecule has 0 aliphatic heterocycles. The number of halogens is 2. The molecule has 26 heavy (non-hydrogen) atoms. The summed E-state index contributed by atoms with van der Waals surface area (Å²) in [7, 11) is 3.66. The highest BCUT2D eigenvalue weighted by Crippen LogP contribution is 2.16. The topological polar surface area (TPSA) is 75.8 Å². The zero-order chi connectivity index (χ0) is 18.2. The van der Waals surface area contributed by atoms with E-state index in [0.29, 0.717) is 37.4 Å². The molecular formula is C17H25ClIN5O2. The number of aromatic nitrogens is 2. The Morgan fingerprint density at radius 3 is 2.81 bits per heavy atom. The number of ether oxygens (including phenoxy) is 1. The van der Waals surface area contributed by atoms with E-state index in [1.54, 1.807) is 7.05 Å². The van der Waals surface area contributed by atoms with E-state index in [2.05, 4.69) is 20.4 Å². The molecule has 0 bridgehead atoms. The van der Waals surface area contributed by atoms with E-state index in [-0.39, 0.29) is 30.1 Å². The summed E-state index contributed by atoms with van der Waals surface area (Å²) < 4.78 is 10.7. The fraction of sp³-hybridized carbons (Fsp3) is 0.471. The Hall–Kier alpha value is -1.39. The third kappa shape index (κ3) is 6.40. The molecule has 0 saturated heterocycles. The Bertz CT molecular complexity index is 710. The lowest BCUT2D eigenvalue weighted by Gasteiger charge is -2.22. The maximum absolute atomic E-state index is 6.22. The van der Waals surface area contributed by atoms with Gasteiger partial charge >= 0.3 is 0 Å². The maximum Gasteiger partial charge on any atom is 0.246 e. The Morgan fingerprint density at radius 1 is 1.42 bits per heavy atom. The van der Waals surface area contributed by atoms with Crippen LogP contribution in [0.4, 0.5) is 0 Å². The second-order valence-corrected chi connectivity index (χ2v) is 5.90. The van der Waals surface area contributed by atoms with Crippen LogP contribution in [0.2, 0.25) is 5.02 Å². The lowest BCUT2D eigenvalue weighted by molar-refractivity contribution is 0.0683. The summed E-state index contributed by atoms with van der Waals surface area (Å²) in [5, 5.41) is 7.88. The van der Waals surface area contributed by atoms with Crippen LogP contribution in [0.25, 0.3) is 0 Å². The molecule has 1 unspecified atom stereocenters. The zero-order valence-electron chi connectivity index (χ0n) is 15.4. The van der Waals surface area contributed by atoms with Crippen molar-refractivity contribution < 1.29 is 9.26 Å². The molecule has 0 radical (unpaired) electrons. The average molecular weight is 494 g/mol. The zero-order valence-corrected chi connectivity index (χ0v) is 18.5. The molecule has 2 rings (SSSR count). The first-order valence-corrected chi connectivity index (χ1v) is 8.52. The summed E-state index contributed by atoms with van der Waals surface area (Å²) in [6, 6.07) is 7.74. The minimum Gasteiger partial charge on any atom is -0.371 e. The Morgan fingerprint density at radius 2 is 2.15 bits per heavy atom. The van der Waals surface area contributed by atoms with Gasteiger partial charge in [-0.05, 0) is 25.5 Å². The number of hydrogen-bond acceptors (Lipinski definition) is 5. The van der Waals surface area contributed by atoms with Gasteiger partial charge in [-0.3, -0.25) is 4.99 Å². The number of nitrogens with zero attached hydrogens (tertiary/aromatic N) is 4. The number of benzene rings is 1. The summed E-state index contributed by atoms with van der Waals surface area (Å²) in [5.74, 6) is 1.73. The number of aliphatic imine (C=N–C) groups is 1. The van der Waals surface area contributed by atoms with Gasteiger partial charge in [0.2, 0.25) is 5.89 Å². The predicted octanol–water partition coefficient (Wildman–Crippen LogP) is 3.65. The largest absolute Gasteiger partial charge is 0.371 e. The van der Waals surface area contributed by atoms with Gasteiger partial charge in [0.15, 0.2) is 11.8 Å². The molecule has 144 valence electrons. The molecule has 0 saturated carbocycles. The van der Waals surface area contributed by atoms with Crippen molar-refractivity contribution in [3.63, 3.8) is 0 Å². The van der Waals surface area contributed by atoms with E-state index >= 15 is 0 Å². The SMILES string of the molecule is CCOC(C)c1noc(CNC(=NC)N(C)Cc2ccccc2Cl)n1.I.